The number of rotatable bonds is 3. The first-order chi connectivity index (χ1) is 10.1. The molecule has 3 fully saturated rings. The van der Waals surface area contributed by atoms with Crippen molar-refractivity contribution in [1.82, 2.24) is 0 Å². The van der Waals surface area contributed by atoms with Gasteiger partial charge in [-0.1, -0.05) is 39.0 Å². The minimum Gasteiger partial charge on any atom is -0.393 e. The van der Waals surface area contributed by atoms with Gasteiger partial charge < -0.3 is 10.2 Å². The average molecular weight is 294 g/mol. The van der Waals surface area contributed by atoms with E-state index in [1.165, 1.54) is 51.4 Å². The molecule has 122 valence electrons. The van der Waals surface area contributed by atoms with Crippen molar-refractivity contribution in [2.75, 3.05) is 0 Å². The number of aliphatic hydroxyl groups is 2. The number of aliphatic hydroxyl groups excluding tert-OH is 2. The van der Waals surface area contributed by atoms with Crippen LogP contribution in [-0.4, -0.2) is 22.4 Å². The van der Waals surface area contributed by atoms with E-state index in [0.717, 1.165) is 37.0 Å². The first-order valence-corrected chi connectivity index (χ1v) is 9.48. The summed E-state index contributed by atoms with van der Waals surface area (Å²) in [6.45, 7) is 2.39. The van der Waals surface area contributed by atoms with E-state index in [2.05, 4.69) is 6.92 Å². The van der Waals surface area contributed by atoms with Crippen LogP contribution in [0.15, 0.2) is 0 Å². The molecule has 3 saturated carbocycles. The van der Waals surface area contributed by atoms with E-state index in [-0.39, 0.29) is 12.2 Å². The lowest BCUT2D eigenvalue weighted by atomic mass is 9.64. The second kappa shape index (κ2) is 7.00. The maximum Gasteiger partial charge on any atom is 0.0571 e. The molecule has 2 nitrogen and oxygen atoms in total. The van der Waals surface area contributed by atoms with Gasteiger partial charge in [-0.2, -0.15) is 0 Å². The Morgan fingerprint density at radius 2 is 1.52 bits per heavy atom. The van der Waals surface area contributed by atoms with Crippen molar-refractivity contribution >= 4 is 0 Å². The normalized spacial score (nSPS) is 47.9. The third kappa shape index (κ3) is 4.01. The molecule has 2 N–H and O–H groups in total. The minimum atomic E-state index is -0.0981. The first kappa shape index (κ1) is 15.8. The van der Waals surface area contributed by atoms with Gasteiger partial charge in [-0.15, -0.1) is 0 Å². The predicted molar refractivity (Wildman–Crippen MR) is 85.9 cm³/mol. The molecular formula is C19H34O2. The molecule has 21 heavy (non-hydrogen) atoms. The average Bonchev–Trinajstić information content (AvgIpc) is 2.47. The van der Waals surface area contributed by atoms with Crippen molar-refractivity contribution in [1.29, 1.82) is 0 Å². The molecule has 0 bridgehead atoms. The van der Waals surface area contributed by atoms with Crippen LogP contribution < -0.4 is 0 Å². The Hall–Kier alpha value is -0.0800. The number of fused-ring (bicyclic) bond motifs is 1. The lowest BCUT2D eigenvalue weighted by Gasteiger charge is -2.43. The molecule has 0 heterocycles. The molecule has 0 aromatic carbocycles. The monoisotopic (exact) mass is 294 g/mol. The summed E-state index contributed by atoms with van der Waals surface area (Å²) in [5.74, 6) is 3.79. The smallest absolute Gasteiger partial charge is 0.0571 e. The third-order valence-corrected chi connectivity index (χ3v) is 6.89. The zero-order chi connectivity index (χ0) is 14.8. The Balaban J connectivity index is 1.45. The molecule has 2 heteroatoms. The van der Waals surface area contributed by atoms with Crippen LogP contribution in [0.4, 0.5) is 0 Å². The third-order valence-electron chi connectivity index (χ3n) is 6.89. The lowest BCUT2D eigenvalue weighted by Crippen LogP contribution is -2.40. The zero-order valence-corrected chi connectivity index (χ0v) is 13.7. The summed E-state index contributed by atoms with van der Waals surface area (Å²) in [4.78, 5) is 0. The highest BCUT2D eigenvalue weighted by Crippen LogP contribution is 2.45. The van der Waals surface area contributed by atoms with E-state index in [1.54, 1.807) is 0 Å². The fourth-order valence-electron chi connectivity index (χ4n) is 5.33. The fourth-order valence-corrected chi connectivity index (χ4v) is 5.33. The van der Waals surface area contributed by atoms with E-state index < -0.39 is 0 Å². The van der Waals surface area contributed by atoms with E-state index in [1.807, 2.05) is 0 Å². The van der Waals surface area contributed by atoms with Crippen LogP contribution in [0.5, 0.6) is 0 Å². The van der Waals surface area contributed by atoms with Crippen LogP contribution in [0.25, 0.3) is 0 Å². The molecule has 5 atom stereocenters. The summed E-state index contributed by atoms with van der Waals surface area (Å²) in [7, 11) is 0. The highest BCUT2D eigenvalue weighted by Gasteiger charge is 2.39. The molecule has 0 radical (unpaired) electrons. The van der Waals surface area contributed by atoms with E-state index in [4.69, 9.17) is 0 Å². The van der Waals surface area contributed by atoms with Gasteiger partial charge in [0.05, 0.1) is 12.2 Å². The quantitative estimate of drug-likeness (QED) is 0.821. The van der Waals surface area contributed by atoms with Crippen molar-refractivity contribution in [2.45, 2.75) is 89.8 Å². The molecule has 3 rings (SSSR count). The van der Waals surface area contributed by atoms with Gasteiger partial charge in [0.15, 0.2) is 0 Å². The highest BCUT2D eigenvalue weighted by molar-refractivity contribution is 4.90. The van der Waals surface area contributed by atoms with E-state index in [0.29, 0.717) is 11.8 Å². The Labute approximate surface area is 130 Å². The molecule has 0 aliphatic heterocycles. The molecule has 5 unspecified atom stereocenters. The van der Waals surface area contributed by atoms with Crippen molar-refractivity contribution in [3.63, 3.8) is 0 Å². The van der Waals surface area contributed by atoms with E-state index >= 15 is 0 Å². The van der Waals surface area contributed by atoms with Gasteiger partial charge in [-0.25, -0.2) is 0 Å². The van der Waals surface area contributed by atoms with Crippen LogP contribution in [-0.2, 0) is 0 Å². The Kier molecular flexibility index (Phi) is 5.27. The fraction of sp³-hybridized carbons (Fsp3) is 1.00. The van der Waals surface area contributed by atoms with Gasteiger partial charge in [0.25, 0.3) is 0 Å². The second-order valence-electron chi connectivity index (χ2n) is 8.49. The van der Waals surface area contributed by atoms with Crippen LogP contribution in [0.2, 0.25) is 0 Å². The van der Waals surface area contributed by atoms with Gasteiger partial charge in [0.2, 0.25) is 0 Å². The Morgan fingerprint density at radius 1 is 0.762 bits per heavy atom. The second-order valence-corrected chi connectivity index (χ2v) is 8.49. The standard InChI is InChI=1S/C19H34O2/c1-13-2-4-14(5-3-13)6-7-16-10-15-8-9-18(20)11-17(15)12-19(16)21/h13-21H,2-12H2,1H3. The van der Waals surface area contributed by atoms with Gasteiger partial charge in [-0.05, 0) is 68.1 Å². The van der Waals surface area contributed by atoms with Crippen LogP contribution in [0.1, 0.15) is 77.6 Å². The lowest BCUT2D eigenvalue weighted by molar-refractivity contribution is -0.0330. The van der Waals surface area contributed by atoms with Crippen molar-refractivity contribution in [3.8, 4) is 0 Å². The molecule has 0 saturated heterocycles. The topological polar surface area (TPSA) is 40.5 Å². The van der Waals surface area contributed by atoms with Gasteiger partial charge in [-0.3, -0.25) is 0 Å². The summed E-state index contributed by atoms with van der Waals surface area (Å²) < 4.78 is 0. The number of hydrogen-bond acceptors (Lipinski definition) is 2. The van der Waals surface area contributed by atoms with Crippen LogP contribution in [0.3, 0.4) is 0 Å². The molecule has 0 spiro atoms. The van der Waals surface area contributed by atoms with Gasteiger partial charge >= 0.3 is 0 Å². The molecule has 0 aromatic heterocycles. The van der Waals surface area contributed by atoms with Crippen LogP contribution >= 0.6 is 0 Å². The molecular weight excluding hydrogens is 260 g/mol. The summed E-state index contributed by atoms with van der Waals surface area (Å²) >= 11 is 0. The zero-order valence-electron chi connectivity index (χ0n) is 13.7. The summed E-state index contributed by atoms with van der Waals surface area (Å²) in [5, 5.41) is 20.3. The summed E-state index contributed by atoms with van der Waals surface area (Å²) in [6, 6.07) is 0. The summed E-state index contributed by atoms with van der Waals surface area (Å²) in [6.07, 6.45) is 13.4. The maximum atomic E-state index is 10.5. The summed E-state index contributed by atoms with van der Waals surface area (Å²) in [5.41, 5.74) is 0. The SMILES string of the molecule is CC1CCC(CCC2CC3CCC(O)CC3CC2O)CC1. The minimum absolute atomic E-state index is 0.0979. The van der Waals surface area contributed by atoms with Crippen molar-refractivity contribution in [3.05, 3.63) is 0 Å². The Morgan fingerprint density at radius 3 is 2.29 bits per heavy atom. The Bertz CT molecular complexity index is 322. The highest BCUT2D eigenvalue weighted by atomic mass is 16.3. The molecule has 3 aliphatic rings. The molecule has 3 aliphatic carbocycles. The van der Waals surface area contributed by atoms with E-state index in [9.17, 15) is 10.2 Å². The van der Waals surface area contributed by atoms with Crippen LogP contribution in [0, 0.1) is 29.6 Å². The van der Waals surface area contributed by atoms with Crippen molar-refractivity contribution < 1.29 is 10.2 Å². The number of hydrogen-bond donors (Lipinski definition) is 2. The molecule has 0 amide bonds. The van der Waals surface area contributed by atoms with Crippen molar-refractivity contribution in [2.24, 2.45) is 29.6 Å². The first-order valence-electron chi connectivity index (χ1n) is 9.48. The molecule has 0 aromatic rings. The maximum absolute atomic E-state index is 10.5. The largest absolute Gasteiger partial charge is 0.393 e. The van der Waals surface area contributed by atoms with Gasteiger partial charge in [0.1, 0.15) is 0 Å². The predicted octanol–water partition coefficient (Wildman–Crippen LogP) is 4.14. The van der Waals surface area contributed by atoms with Gasteiger partial charge in [0, 0.05) is 0 Å².